The molecule has 0 aromatic heterocycles. The summed E-state index contributed by atoms with van der Waals surface area (Å²) >= 11 is 0. The first-order chi connectivity index (χ1) is 12.5. The number of ether oxygens (including phenoxy) is 1. The molecule has 1 amide bonds. The minimum absolute atomic E-state index is 0.0167. The number of anilines is 1. The van der Waals surface area contributed by atoms with E-state index >= 15 is 0 Å². The van der Waals surface area contributed by atoms with Crippen LogP contribution in [0.1, 0.15) is 83.0 Å². The molecule has 0 N–H and O–H groups in total. The summed E-state index contributed by atoms with van der Waals surface area (Å²) in [6.45, 7) is 8.90. The van der Waals surface area contributed by atoms with Gasteiger partial charge in [0.1, 0.15) is 5.75 Å². The van der Waals surface area contributed by atoms with Crippen molar-refractivity contribution in [3.63, 3.8) is 0 Å². The van der Waals surface area contributed by atoms with Crippen molar-refractivity contribution in [2.75, 3.05) is 11.4 Å². The van der Waals surface area contributed by atoms with Crippen LogP contribution in [0, 0.1) is 5.92 Å². The van der Waals surface area contributed by atoms with Crippen molar-refractivity contribution in [3.05, 3.63) is 23.8 Å². The summed E-state index contributed by atoms with van der Waals surface area (Å²) < 4.78 is 5.97. The summed E-state index contributed by atoms with van der Waals surface area (Å²) in [4.78, 5) is 27.1. The van der Waals surface area contributed by atoms with Gasteiger partial charge in [0.05, 0.1) is 5.69 Å². The quantitative estimate of drug-likeness (QED) is 0.416. The van der Waals surface area contributed by atoms with Crippen LogP contribution >= 0.6 is 0 Å². The van der Waals surface area contributed by atoms with Gasteiger partial charge in [-0.3, -0.25) is 9.59 Å². The third-order valence-corrected chi connectivity index (χ3v) is 4.90. The van der Waals surface area contributed by atoms with E-state index in [1.807, 2.05) is 43.9 Å². The maximum Gasteiger partial charge on any atom is 0.268 e. The number of hydrogen-bond donors (Lipinski definition) is 0. The van der Waals surface area contributed by atoms with Gasteiger partial charge in [-0.25, -0.2) is 0 Å². The number of unbranched alkanes of at least 4 members (excludes halogenated alkanes) is 4. The zero-order valence-corrected chi connectivity index (χ0v) is 16.7. The van der Waals surface area contributed by atoms with E-state index in [0.717, 1.165) is 24.9 Å². The predicted molar refractivity (Wildman–Crippen MR) is 106 cm³/mol. The Bertz CT molecular complexity index is 624. The third kappa shape index (κ3) is 4.87. The van der Waals surface area contributed by atoms with Crippen LogP contribution in [0.5, 0.6) is 5.75 Å². The molecule has 4 heteroatoms. The average Bonchev–Trinajstić information content (AvgIpc) is 2.62. The molecule has 1 heterocycles. The van der Waals surface area contributed by atoms with E-state index in [1.54, 1.807) is 0 Å². The lowest BCUT2D eigenvalue weighted by Gasteiger charge is -2.36. The van der Waals surface area contributed by atoms with Crippen molar-refractivity contribution in [2.24, 2.45) is 5.92 Å². The van der Waals surface area contributed by atoms with Crippen LogP contribution < -0.4 is 9.64 Å². The standard InChI is InChI=1S/C22H33NO3/c1-5-7-8-9-10-14-23-18-15-17(19(24)11-6-2)12-13-20(18)26-21(16(3)4)22(23)25/h12-13,15-16,21H,5-11,14H2,1-4H3. The number of Topliss-reactive ketones (excluding diaryl/α,β-unsaturated/α-hetero) is 1. The smallest absolute Gasteiger partial charge is 0.268 e. The lowest BCUT2D eigenvalue weighted by Crippen LogP contribution is -2.48. The van der Waals surface area contributed by atoms with E-state index in [-0.39, 0.29) is 17.6 Å². The largest absolute Gasteiger partial charge is 0.478 e. The zero-order valence-electron chi connectivity index (χ0n) is 16.7. The minimum Gasteiger partial charge on any atom is -0.478 e. The second-order valence-electron chi connectivity index (χ2n) is 7.54. The highest BCUT2D eigenvalue weighted by molar-refractivity contribution is 6.03. The van der Waals surface area contributed by atoms with Crippen molar-refractivity contribution in [2.45, 2.75) is 78.7 Å². The molecule has 0 radical (unpaired) electrons. The van der Waals surface area contributed by atoms with E-state index in [1.165, 1.54) is 19.3 Å². The van der Waals surface area contributed by atoms with Crippen LogP contribution in [0.3, 0.4) is 0 Å². The first kappa shape index (κ1) is 20.5. The molecule has 0 fully saturated rings. The van der Waals surface area contributed by atoms with Crippen molar-refractivity contribution >= 4 is 17.4 Å². The Morgan fingerprint density at radius 3 is 2.50 bits per heavy atom. The van der Waals surface area contributed by atoms with Gasteiger partial charge in [-0.1, -0.05) is 53.4 Å². The average molecular weight is 360 g/mol. The van der Waals surface area contributed by atoms with Crippen molar-refractivity contribution in [3.8, 4) is 5.75 Å². The summed E-state index contributed by atoms with van der Waals surface area (Å²) in [6.07, 6.45) is 6.63. The number of carbonyl (C=O) groups excluding carboxylic acids is 2. The van der Waals surface area contributed by atoms with Crippen LogP contribution in [0.4, 0.5) is 5.69 Å². The molecule has 4 nitrogen and oxygen atoms in total. The number of ketones is 1. The molecule has 2 rings (SSSR count). The maximum absolute atomic E-state index is 13.0. The molecule has 1 aliphatic heterocycles. The van der Waals surface area contributed by atoms with E-state index < -0.39 is 6.10 Å². The SMILES string of the molecule is CCCCCCCN1C(=O)C(C(C)C)Oc2ccc(C(=O)CCC)cc21. The van der Waals surface area contributed by atoms with Crippen molar-refractivity contribution in [1.29, 1.82) is 0 Å². The Morgan fingerprint density at radius 1 is 1.12 bits per heavy atom. The molecule has 0 aliphatic carbocycles. The molecule has 1 aromatic rings. The van der Waals surface area contributed by atoms with Gasteiger partial charge < -0.3 is 9.64 Å². The maximum atomic E-state index is 13.0. The second kappa shape index (κ2) is 9.75. The molecular formula is C22H33NO3. The molecule has 0 saturated carbocycles. The summed E-state index contributed by atoms with van der Waals surface area (Å²) in [7, 11) is 0. The second-order valence-corrected chi connectivity index (χ2v) is 7.54. The summed E-state index contributed by atoms with van der Waals surface area (Å²) in [5, 5.41) is 0. The number of fused-ring (bicyclic) bond motifs is 1. The van der Waals surface area contributed by atoms with E-state index in [2.05, 4.69) is 6.92 Å². The number of carbonyl (C=O) groups is 2. The minimum atomic E-state index is -0.449. The predicted octanol–water partition coefficient (Wildman–Crippen LogP) is 5.39. The van der Waals surface area contributed by atoms with Gasteiger partial charge in [-0.15, -0.1) is 0 Å². The molecule has 1 aromatic carbocycles. The fourth-order valence-electron chi connectivity index (χ4n) is 3.36. The van der Waals surface area contributed by atoms with Crippen LogP contribution in [-0.2, 0) is 4.79 Å². The van der Waals surface area contributed by atoms with Gasteiger partial charge in [-0.2, -0.15) is 0 Å². The molecule has 0 saturated heterocycles. The molecule has 0 spiro atoms. The lowest BCUT2D eigenvalue weighted by molar-refractivity contribution is -0.128. The van der Waals surface area contributed by atoms with E-state index in [9.17, 15) is 9.59 Å². The Kier molecular flexibility index (Phi) is 7.67. The highest BCUT2D eigenvalue weighted by Crippen LogP contribution is 2.37. The van der Waals surface area contributed by atoms with Gasteiger partial charge >= 0.3 is 0 Å². The fourth-order valence-corrected chi connectivity index (χ4v) is 3.36. The summed E-state index contributed by atoms with van der Waals surface area (Å²) in [6, 6.07) is 5.52. The van der Waals surface area contributed by atoms with Crippen LogP contribution in [0.2, 0.25) is 0 Å². The molecule has 1 atom stereocenters. The molecular weight excluding hydrogens is 326 g/mol. The highest BCUT2D eigenvalue weighted by Gasteiger charge is 2.36. The van der Waals surface area contributed by atoms with Gasteiger partial charge in [0.25, 0.3) is 5.91 Å². The number of nitrogens with zero attached hydrogens (tertiary/aromatic N) is 1. The fraction of sp³-hybridized carbons (Fsp3) is 0.636. The Hall–Kier alpha value is -1.84. The van der Waals surface area contributed by atoms with Gasteiger partial charge in [0.15, 0.2) is 11.9 Å². The van der Waals surface area contributed by atoms with E-state index in [0.29, 0.717) is 24.3 Å². The van der Waals surface area contributed by atoms with Gasteiger partial charge in [0, 0.05) is 18.5 Å². The van der Waals surface area contributed by atoms with Crippen LogP contribution in [0.25, 0.3) is 0 Å². The van der Waals surface area contributed by atoms with Crippen molar-refractivity contribution in [1.82, 2.24) is 0 Å². The normalized spacial score (nSPS) is 16.6. The van der Waals surface area contributed by atoms with Gasteiger partial charge in [-0.05, 0) is 37.0 Å². The summed E-state index contributed by atoms with van der Waals surface area (Å²) in [5.41, 5.74) is 1.42. The number of amides is 1. The molecule has 0 bridgehead atoms. The molecule has 144 valence electrons. The Balaban J connectivity index is 2.24. The third-order valence-electron chi connectivity index (χ3n) is 4.90. The van der Waals surface area contributed by atoms with Crippen LogP contribution in [-0.4, -0.2) is 24.3 Å². The number of hydrogen-bond acceptors (Lipinski definition) is 3. The first-order valence-electron chi connectivity index (χ1n) is 10.1. The highest BCUT2D eigenvalue weighted by atomic mass is 16.5. The first-order valence-corrected chi connectivity index (χ1v) is 10.1. The van der Waals surface area contributed by atoms with Crippen molar-refractivity contribution < 1.29 is 14.3 Å². The topological polar surface area (TPSA) is 46.6 Å². The number of benzene rings is 1. The molecule has 1 unspecified atom stereocenters. The Labute approximate surface area is 157 Å². The monoisotopic (exact) mass is 359 g/mol. The van der Waals surface area contributed by atoms with Crippen LogP contribution in [0.15, 0.2) is 18.2 Å². The van der Waals surface area contributed by atoms with E-state index in [4.69, 9.17) is 4.74 Å². The number of rotatable bonds is 10. The lowest BCUT2D eigenvalue weighted by atomic mass is 10.00. The molecule has 1 aliphatic rings. The van der Waals surface area contributed by atoms with Gasteiger partial charge in [0.2, 0.25) is 0 Å². The Morgan fingerprint density at radius 2 is 1.85 bits per heavy atom. The summed E-state index contributed by atoms with van der Waals surface area (Å²) in [5.74, 6) is 0.962. The molecule has 26 heavy (non-hydrogen) atoms. The zero-order chi connectivity index (χ0) is 19.1.